The summed E-state index contributed by atoms with van der Waals surface area (Å²) in [6.07, 6.45) is 3.45. The van der Waals surface area contributed by atoms with Crippen LogP contribution in [0.15, 0.2) is 42.8 Å². The number of rotatable bonds is 1. The van der Waals surface area contributed by atoms with Gasteiger partial charge in [0.2, 0.25) is 0 Å². The fourth-order valence-electron chi connectivity index (χ4n) is 2.52. The first-order valence-electron chi connectivity index (χ1n) is 7.22. The highest BCUT2D eigenvalue weighted by atomic mass is 16.2. The van der Waals surface area contributed by atoms with E-state index in [1.54, 1.807) is 12.3 Å². The zero-order chi connectivity index (χ0) is 16.1. The van der Waals surface area contributed by atoms with Gasteiger partial charge in [0.05, 0.1) is 5.52 Å². The van der Waals surface area contributed by atoms with Crippen molar-refractivity contribution in [2.24, 2.45) is 7.05 Å². The largest absolute Gasteiger partial charge is 0.331 e. The molecule has 1 N–H and O–H groups in total. The van der Waals surface area contributed by atoms with Crippen molar-refractivity contribution in [3.8, 4) is 0 Å². The number of benzene rings is 1. The van der Waals surface area contributed by atoms with Crippen molar-refractivity contribution in [1.29, 1.82) is 0 Å². The van der Waals surface area contributed by atoms with Crippen molar-refractivity contribution in [3.05, 3.63) is 48.3 Å². The maximum Gasteiger partial charge on any atom is 0.331 e. The van der Waals surface area contributed by atoms with Crippen molar-refractivity contribution in [2.45, 2.75) is 26.2 Å². The van der Waals surface area contributed by atoms with Gasteiger partial charge in [-0.25, -0.2) is 4.79 Å². The van der Waals surface area contributed by atoms with Gasteiger partial charge in [-0.05, 0) is 29.2 Å². The van der Waals surface area contributed by atoms with E-state index in [9.17, 15) is 4.79 Å². The van der Waals surface area contributed by atoms with Crippen LogP contribution in [-0.4, -0.2) is 15.8 Å². The van der Waals surface area contributed by atoms with E-state index in [0.717, 1.165) is 10.9 Å². The molecule has 5 nitrogen and oxygen atoms in total. The van der Waals surface area contributed by atoms with E-state index in [4.69, 9.17) is 0 Å². The van der Waals surface area contributed by atoms with E-state index in [1.165, 1.54) is 10.5 Å². The lowest BCUT2D eigenvalue weighted by Gasteiger charge is -2.21. The molecule has 0 radical (unpaired) electrons. The number of aromatic nitrogens is 2. The molecule has 1 aliphatic rings. The van der Waals surface area contributed by atoms with Crippen LogP contribution >= 0.6 is 0 Å². The van der Waals surface area contributed by atoms with Gasteiger partial charge < -0.3 is 5.32 Å². The Morgan fingerprint density at radius 2 is 2.00 bits per heavy atom. The second-order valence-corrected chi connectivity index (χ2v) is 6.57. The summed E-state index contributed by atoms with van der Waals surface area (Å²) in [5, 5.41) is 8.15. The lowest BCUT2D eigenvalue weighted by atomic mass is 9.86. The van der Waals surface area contributed by atoms with Gasteiger partial charge in [0.25, 0.3) is 0 Å². The standard InChI is InChI=1S/C17H20N4O/c1-11-8-9-21(16(22)18-11)15-13-7-6-12(17(2,3)4)10-14(13)20(5)19-15/h6-10H,1H2,2-5H3,(H,18,22). The number of nitrogens with zero attached hydrogens (tertiary/aromatic N) is 3. The molecule has 1 aromatic heterocycles. The number of aryl methyl sites for hydroxylation is 1. The molecule has 0 spiro atoms. The first-order chi connectivity index (χ1) is 10.3. The number of allylic oxidation sites excluding steroid dienone is 1. The Balaban J connectivity index is 2.15. The first-order valence-corrected chi connectivity index (χ1v) is 7.22. The molecule has 5 heteroatoms. The van der Waals surface area contributed by atoms with Gasteiger partial charge in [-0.2, -0.15) is 5.10 Å². The molecule has 114 valence electrons. The van der Waals surface area contributed by atoms with Gasteiger partial charge in [0, 0.05) is 24.3 Å². The van der Waals surface area contributed by atoms with E-state index < -0.39 is 0 Å². The molecule has 3 rings (SSSR count). The fourth-order valence-corrected chi connectivity index (χ4v) is 2.52. The molecule has 0 saturated heterocycles. The summed E-state index contributed by atoms with van der Waals surface area (Å²) < 4.78 is 1.81. The number of carbonyl (C=O) groups is 1. The Morgan fingerprint density at radius 1 is 1.27 bits per heavy atom. The third kappa shape index (κ3) is 2.28. The second-order valence-electron chi connectivity index (χ2n) is 6.57. The molecule has 0 fully saturated rings. The highest BCUT2D eigenvalue weighted by Crippen LogP contribution is 2.31. The van der Waals surface area contributed by atoms with Gasteiger partial charge in [-0.3, -0.25) is 9.58 Å². The van der Waals surface area contributed by atoms with E-state index >= 15 is 0 Å². The SMILES string of the molecule is C=C1C=CN(c2nn(C)c3cc(C(C)(C)C)ccc23)C(=O)N1. The number of fused-ring (bicyclic) bond motifs is 1. The molecule has 0 saturated carbocycles. The smallest absolute Gasteiger partial charge is 0.308 e. The topological polar surface area (TPSA) is 50.2 Å². The lowest BCUT2D eigenvalue weighted by Crippen LogP contribution is -2.38. The molecule has 0 atom stereocenters. The van der Waals surface area contributed by atoms with Crippen molar-refractivity contribution in [1.82, 2.24) is 15.1 Å². The van der Waals surface area contributed by atoms with Crippen LogP contribution in [0.25, 0.3) is 10.9 Å². The van der Waals surface area contributed by atoms with Crippen LogP contribution in [0.4, 0.5) is 10.6 Å². The van der Waals surface area contributed by atoms with E-state index in [-0.39, 0.29) is 11.4 Å². The van der Waals surface area contributed by atoms with E-state index in [0.29, 0.717) is 11.5 Å². The monoisotopic (exact) mass is 296 g/mol. The van der Waals surface area contributed by atoms with Crippen LogP contribution in [0, 0.1) is 0 Å². The summed E-state index contributed by atoms with van der Waals surface area (Å²) in [5.74, 6) is 0.624. The third-order valence-electron chi connectivity index (χ3n) is 3.84. The van der Waals surface area contributed by atoms with Crippen LogP contribution in [0.1, 0.15) is 26.3 Å². The molecule has 0 unspecified atom stereocenters. The minimum atomic E-state index is -0.243. The van der Waals surface area contributed by atoms with Crippen molar-refractivity contribution >= 4 is 22.8 Å². The molecule has 2 heterocycles. The summed E-state index contributed by atoms with van der Waals surface area (Å²) in [6, 6.07) is 6.02. The summed E-state index contributed by atoms with van der Waals surface area (Å²) >= 11 is 0. The lowest BCUT2D eigenvalue weighted by molar-refractivity contribution is 0.250. The number of hydrogen-bond acceptors (Lipinski definition) is 2. The van der Waals surface area contributed by atoms with Crippen molar-refractivity contribution in [2.75, 3.05) is 4.90 Å². The van der Waals surface area contributed by atoms with Crippen LogP contribution in [-0.2, 0) is 12.5 Å². The molecule has 0 aliphatic carbocycles. The van der Waals surface area contributed by atoms with Crippen LogP contribution in [0.3, 0.4) is 0 Å². The molecule has 2 aromatic rings. The normalized spacial score (nSPS) is 15.5. The van der Waals surface area contributed by atoms with E-state index in [2.05, 4.69) is 49.9 Å². The Labute approximate surface area is 129 Å². The Bertz CT molecular complexity index is 808. The van der Waals surface area contributed by atoms with Crippen molar-refractivity contribution < 1.29 is 4.79 Å². The maximum absolute atomic E-state index is 12.1. The Kier molecular flexibility index (Phi) is 3.09. The van der Waals surface area contributed by atoms with E-state index in [1.807, 2.05) is 17.8 Å². The quantitative estimate of drug-likeness (QED) is 0.876. The highest BCUT2D eigenvalue weighted by Gasteiger charge is 2.23. The number of hydrogen-bond donors (Lipinski definition) is 1. The average molecular weight is 296 g/mol. The molecule has 0 bridgehead atoms. The molecule has 22 heavy (non-hydrogen) atoms. The Hall–Kier alpha value is -2.56. The summed E-state index contributed by atoms with van der Waals surface area (Å²) in [6.45, 7) is 10.3. The van der Waals surface area contributed by atoms with Gasteiger partial charge in [0.1, 0.15) is 0 Å². The summed E-state index contributed by atoms with van der Waals surface area (Å²) in [5.41, 5.74) is 2.89. The number of anilines is 1. The van der Waals surface area contributed by atoms with Crippen LogP contribution < -0.4 is 10.2 Å². The Morgan fingerprint density at radius 3 is 2.64 bits per heavy atom. The number of nitrogens with one attached hydrogen (secondary N) is 1. The minimum Gasteiger partial charge on any atom is -0.308 e. The zero-order valence-electron chi connectivity index (χ0n) is 13.3. The van der Waals surface area contributed by atoms with Crippen LogP contribution in [0.2, 0.25) is 0 Å². The summed E-state index contributed by atoms with van der Waals surface area (Å²) in [4.78, 5) is 13.6. The first kappa shape index (κ1) is 14.4. The number of amides is 2. The van der Waals surface area contributed by atoms with Gasteiger partial charge in [-0.1, -0.05) is 33.4 Å². The maximum atomic E-state index is 12.1. The van der Waals surface area contributed by atoms with Crippen LogP contribution in [0.5, 0.6) is 0 Å². The number of urea groups is 1. The molecule has 1 aromatic carbocycles. The molecule has 2 amide bonds. The number of carbonyl (C=O) groups excluding carboxylic acids is 1. The van der Waals surface area contributed by atoms with Gasteiger partial charge in [-0.15, -0.1) is 0 Å². The summed E-state index contributed by atoms with van der Waals surface area (Å²) in [7, 11) is 1.89. The average Bonchev–Trinajstić information content (AvgIpc) is 2.75. The molecular weight excluding hydrogens is 276 g/mol. The predicted octanol–water partition coefficient (Wildman–Crippen LogP) is 3.43. The molecular formula is C17H20N4O. The zero-order valence-corrected chi connectivity index (χ0v) is 13.3. The fraction of sp³-hybridized carbons (Fsp3) is 0.294. The second kappa shape index (κ2) is 4.73. The predicted molar refractivity (Wildman–Crippen MR) is 88.7 cm³/mol. The van der Waals surface area contributed by atoms with Gasteiger partial charge >= 0.3 is 6.03 Å². The highest BCUT2D eigenvalue weighted by molar-refractivity contribution is 6.03. The molecule has 1 aliphatic heterocycles. The minimum absolute atomic E-state index is 0.0682. The third-order valence-corrected chi connectivity index (χ3v) is 3.84. The van der Waals surface area contributed by atoms with Gasteiger partial charge in [0.15, 0.2) is 5.82 Å². The van der Waals surface area contributed by atoms with Crippen molar-refractivity contribution in [3.63, 3.8) is 0 Å².